The van der Waals surface area contributed by atoms with Crippen LogP contribution in [-0.2, 0) is 4.79 Å². The summed E-state index contributed by atoms with van der Waals surface area (Å²) in [6.45, 7) is 5.99. The van der Waals surface area contributed by atoms with Gasteiger partial charge in [-0.3, -0.25) is 4.79 Å². The second-order valence-electron chi connectivity index (χ2n) is 3.25. The van der Waals surface area contributed by atoms with E-state index in [-0.39, 0.29) is 5.92 Å². The summed E-state index contributed by atoms with van der Waals surface area (Å²) in [6.07, 6.45) is 0.961. The lowest BCUT2D eigenvalue weighted by atomic mass is 10.1. The van der Waals surface area contributed by atoms with Crippen LogP contribution < -0.4 is 0 Å². The van der Waals surface area contributed by atoms with Gasteiger partial charge >= 0.3 is 0 Å². The van der Waals surface area contributed by atoms with Crippen molar-refractivity contribution in [2.24, 2.45) is 5.92 Å². The fourth-order valence-electron chi connectivity index (χ4n) is 1.27. The van der Waals surface area contributed by atoms with E-state index < -0.39 is 0 Å². The molecule has 1 fully saturated rings. The number of hydrogen-bond donors (Lipinski definition) is 0. The quantitative estimate of drug-likeness (QED) is 0.654. The Labute approximate surface area is 78.7 Å². The lowest BCUT2D eigenvalue weighted by Gasteiger charge is -2.28. The molecule has 2 nitrogen and oxygen atoms in total. The van der Waals surface area contributed by atoms with Gasteiger partial charge in [0.05, 0.1) is 0 Å². The van der Waals surface area contributed by atoms with Gasteiger partial charge in [0, 0.05) is 30.5 Å². The molecule has 12 heavy (non-hydrogen) atoms. The minimum absolute atomic E-state index is 0.216. The van der Waals surface area contributed by atoms with Gasteiger partial charge in [0.25, 0.3) is 0 Å². The highest BCUT2D eigenvalue weighted by Gasteiger charge is 2.20. The molecule has 0 aliphatic carbocycles. The predicted molar refractivity (Wildman–Crippen MR) is 53.4 cm³/mol. The third-order valence-electron chi connectivity index (χ3n) is 2.36. The lowest BCUT2D eigenvalue weighted by molar-refractivity contribution is -0.134. The molecule has 0 aromatic carbocycles. The summed E-state index contributed by atoms with van der Waals surface area (Å²) < 4.78 is 0. The summed E-state index contributed by atoms with van der Waals surface area (Å²) in [5.74, 6) is 2.79. The molecule has 1 aliphatic rings. The van der Waals surface area contributed by atoms with Crippen LogP contribution in [0.5, 0.6) is 0 Å². The molecule has 1 atom stereocenters. The largest absolute Gasteiger partial charge is 0.341 e. The average Bonchev–Trinajstić information content (AvgIpc) is 2.17. The van der Waals surface area contributed by atoms with Crippen molar-refractivity contribution in [2.45, 2.75) is 20.3 Å². The van der Waals surface area contributed by atoms with Crippen molar-refractivity contribution >= 4 is 17.7 Å². The molecule has 0 N–H and O–H groups in total. The minimum atomic E-state index is 0.216. The molecule has 1 heterocycles. The molecule has 0 bridgehead atoms. The second-order valence-corrected chi connectivity index (χ2v) is 4.47. The number of nitrogens with zero attached hydrogens (tertiary/aromatic N) is 1. The number of rotatable bonds is 2. The van der Waals surface area contributed by atoms with Crippen LogP contribution in [0.1, 0.15) is 20.3 Å². The van der Waals surface area contributed by atoms with Gasteiger partial charge in [0.1, 0.15) is 0 Å². The fourth-order valence-corrected chi connectivity index (χ4v) is 2.17. The van der Waals surface area contributed by atoms with E-state index in [1.807, 2.05) is 23.6 Å². The van der Waals surface area contributed by atoms with Gasteiger partial charge in [-0.25, -0.2) is 0 Å². The van der Waals surface area contributed by atoms with E-state index in [1.54, 1.807) is 0 Å². The first-order valence-corrected chi connectivity index (χ1v) is 5.77. The molecule has 0 spiro atoms. The zero-order valence-electron chi connectivity index (χ0n) is 7.88. The smallest absolute Gasteiger partial charge is 0.225 e. The zero-order valence-corrected chi connectivity index (χ0v) is 8.69. The number of thioether (sulfide) groups is 1. The maximum absolute atomic E-state index is 11.6. The Balaban J connectivity index is 2.39. The number of hydrogen-bond acceptors (Lipinski definition) is 2. The molecule has 0 unspecified atom stereocenters. The first-order valence-electron chi connectivity index (χ1n) is 4.62. The normalized spacial score (nSPS) is 20.7. The molecule has 70 valence electrons. The third-order valence-corrected chi connectivity index (χ3v) is 3.30. The monoisotopic (exact) mass is 187 g/mol. The van der Waals surface area contributed by atoms with Gasteiger partial charge in [-0.1, -0.05) is 13.8 Å². The maximum Gasteiger partial charge on any atom is 0.225 e. The summed E-state index contributed by atoms with van der Waals surface area (Å²) >= 11 is 1.94. The van der Waals surface area contributed by atoms with E-state index in [0.717, 1.165) is 31.0 Å². The fraction of sp³-hybridized carbons (Fsp3) is 0.889. The van der Waals surface area contributed by atoms with Crippen molar-refractivity contribution < 1.29 is 4.79 Å². The first kappa shape index (κ1) is 9.90. The third kappa shape index (κ3) is 2.41. The Morgan fingerprint density at radius 3 is 2.58 bits per heavy atom. The molecule has 0 aromatic heterocycles. The van der Waals surface area contributed by atoms with Crippen LogP contribution in [0.3, 0.4) is 0 Å². The highest BCUT2D eigenvalue weighted by atomic mass is 32.2. The summed E-state index contributed by atoms with van der Waals surface area (Å²) in [5.41, 5.74) is 0. The van der Waals surface area contributed by atoms with Crippen LogP contribution in [0.2, 0.25) is 0 Å². The van der Waals surface area contributed by atoms with Crippen LogP contribution in [0.4, 0.5) is 0 Å². The number of amides is 1. The van der Waals surface area contributed by atoms with Crippen molar-refractivity contribution in [1.82, 2.24) is 4.90 Å². The van der Waals surface area contributed by atoms with Gasteiger partial charge in [-0.05, 0) is 6.42 Å². The molecule has 1 amide bonds. The van der Waals surface area contributed by atoms with Crippen LogP contribution in [0.15, 0.2) is 0 Å². The van der Waals surface area contributed by atoms with Crippen LogP contribution >= 0.6 is 11.8 Å². The topological polar surface area (TPSA) is 20.3 Å². The summed E-state index contributed by atoms with van der Waals surface area (Å²) in [5, 5.41) is 0. The summed E-state index contributed by atoms with van der Waals surface area (Å²) in [4.78, 5) is 13.7. The van der Waals surface area contributed by atoms with Crippen molar-refractivity contribution in [3.63, 3.8) is 0 Å². The van der Waals surface area contributed by atoms with Gasteiger partial charge < -0.3 is 4.90 Å². The molecular formula is C9H17NOS. The molecule has 0 saturated carbocycles. The Kier molecular flexibility index (Phi) is 3.92. The Hall–Kier alpha value is -0.180. The van der Waals surface area contributed by atoms with Crippen LogP contribution in [-0.4, -0.2) is 35.4 Å². The van der Waals surface area contributed by atoms with Gasteiger partial charge in [-0.15, -0.1) is 0 Å². The Morgan fingerprint density at radius 1 is 1.50 bits per heavy atom. The molecular weight excluding hydrogens is 170 g/mol. The zero-order chi connectivity index (χ0) is 8.97. The van der Waals surface area contributed by atoms with E-state index >= 15 is 0 Å². The average molecular weight is 187 g/mol. The number of carbonyl (C=O) groups excluding carboxylic acids is 1. The van der Waals surface area contributed by atoms with Crippen LogP contribution in [0.25, 0.3) is 0 Å². The highest BCUT2D eigenvalue weighted by Crippen LogP contribution is 2.13. The van der Waals surface area contributed by atoms with Crippen molar-refractivity contribution in [3.8, 4) is 0 Å². The lowest BCUT2D eigenvalue weighted by Crippen LogP contribution is -2.40. The molecule has 3 heteroatoms. The number of carbonyl (C=O) groups is 1. The maximum atomic E-state index is 11.6. The minimum Gasteiger partial charge on any atom is -0.341 e. The first-order chi connectivity index (χ1) is 5.75. The van der Waals surface area contributed by atoms with E-state index in [9.17, 15) is 4.79 Å². The van der Waals surface area contributed by atoms with E-state index in [1.165, 1.54) is 0 Å². The van der Waals surface area contributed by atoms with E-state index in [0.29, 0.717) is 5.91 Å². The van der Waals surface area contributed by atoms with Gasteiger partial charge in [0.2, 0.25) is 5.91 Å². The predicted octanol–water partition coefficient (Wildman–Crippen LogP) is 1.61. The van der Waals surface area contributed by atoms with Crippen molar-refractivity contribution in [2.75, 3.05) is 24.6 Å². The summed E-state index contributed by atoms with van der Waals surface area (Å²) in [7, 11) is 0. The van der Waals surface area contributed by atoms with Crippen molar-refractivity contribution in [1.29, 1.82) is 0 Å². The van der Waals surface area contributed by atoms with E-state index in [4.69, 9.17) is 0 Å². The highest BCUT2D eigenvalue weighted by molar-refractivity contribution is 7.99. The molecule has 1 saturated heterocycles. The Bertz CT molecular complexity index is 155. The van der Waals surface area contributed by atoms with Gasteiger partial charge in [-0.2, -0.15) is 11.8 Å². The molecule has 1 aliphatic heterocycles. The van der Waals surface area contributed by atoms with E-state index in [2.05, 4.69) is 6.92 Å². The molecule has 0 radical (unpaired) electrons. The molecule has 0 aromatic rings. The summed E-state index contributed by atoms with van der Waals surface area (Å²) in [6, 6.07) is 0. The van der Waals surface area contributed by atoms with Gasteiger partial charge in [0.15, 0.2) is 0 Å². The standard InChI is InChI=1S/C9H17NOS/c1-3-8(2)9(11)10-4-6-12-7-5-10/h8H,3-7H2,1-2H3/t8-/m1/s1. The second kappa shape index (κ2) is 4.75. The van der Waals surface area contributed by atoms with Crippen LogP contribution in [0, 0.1) is 5.92 Å². The van der Waals surface area contributed by atoms with Crippen molar-refractivity contribution in [3.05, 3.63) is 0 Å². The Morgan fingerprint density at radius 2 is 2.08 bits per heavy atom. The SMILES string of the molecule is CC[C@@H](C)C(=O)N1CCSCC1. The molecule has 1 rings (SSSR count).